The van der Waals surface area contributed by atoms with Gasteiger partial charge in [0.05, 0.1) is 11.5 Å². The van der Waals surface area contributed by atoms with Gasteiger partial charge in [-0.1, -0.05) is 0 Å². The number of hydrogen-bond acceptors (Lipinski definition) is 4. The van der Waals surface area contributed by atoms with Crippen LogP contribution in [0.25, 0.3) is 0 Å². The number of H-pyrrole nitrogens is 1. The predicted molar refractivity (Wildman–Crippen MR) is 67.7 cm³/mol. The van der Waals surface area contributed by atoms with Crippen LogP contribution in [0.5, 0.6) is 0 Å². The Morgan fingerprint density at radius 2 is 2.33 bits per heavy atom. The molecule has 1 aliphatic rings. The van der Waals surface area contributed by atoms with Crippen molar-refractivity contribution in [2.75, 3.05) is 18.1 Å². The first-order chi connectivity index (χ1) is 8.55. The molecule has 18 heavy (non-hydrogen) atoms. The Morgan fingerprint density at radius 1 is 1.50 bits per heavy atom. The molecule has 1 saturated heterocycles. The number of rotatable bonds is 4. The molecule has 0 radical (unpaired) electrons. The average Bonchev–Trinajstić information content (AvgIpc) is 2.77. The van der Waals surface area contributed by atoms with Gasteiger partial charge in [-0.15, -0.1) is 0 Å². The van der Waals surface area contributed by atoms with Crippen molar-refractivity contribution < 1.29 is 13.2 Å². The molecule has 2 heterocycles. The van der Waals surface area contributed by atoms with Crippen LogP contribution in [-0.4, -0.2) is 43.4 Å². The fourth-order valence-electron chi connectivity index (χ4n) is 1.96. The van der Waals surface area contributed by atoms with Crippen LogP contribution in [0.15, 0.2) is 18.5 Å². The molecule has 0 aliphatic carbocycles. The minimum Gasteiger partial charge on any atom is -0.367 e. The molecule has 7 heteroatoms. The van der Waals surface area contributed by atoms with E-state index in [2.05, 4.69) is 15.6 Å². The molecule has 1 atom stereocenters. The van der Waals surface area contributed by atoms with Gasteiger partial charge in [0, 0.05) is 37.9 Å². The van der Waals surface area contributed by atoms with Crippen LogP contribution in [0.4, 0.5) is 0 Å². The van der Waals surface area contributed by atoms with Gasteiger partial charge >= 0.3 is 0 Å². The zero-order valence-corrected chi connectivity index (χ0v) is 10.8. The van der Waals surface area contributed by atoms with Gasteiger partial charge in [-0.25, -0.2) is 8.42 Å². The fraction of sp³-hybridized carbons (Fsp3) is 0.545. The van der Waals surface area contributed by atoms with Crippen molar-refractivity contribution in [2.45, 2.75) is 19.0 Å². The third-order valence-electron chi connectivity index (χ3n) is 2.89. The Labute approximate surface area is 106 Å². The minimum atomic E-state index is -2.98. The molecule has 0 spiro atoms. The van der Waals surface area contributed by atoms with E-state index in [0.717, 1.165) is 5.56 Å². The van der Waals surface area contributed by atoms with Gasteiger partial charge in [0.2, 0.25) is 5.91 Å². The first-order valence-corrected chi connectivity index (χ1v) is 7.69. The molecule has 2 rings (SSSR count). The third-order valence-corrected chi connectivity index (χ3v) is 4.62. The highest BCUT2D eigenvalue weighted by molar-refractivity contribution is 7.91. The summed E-state index contributed by atoms with van der Waals surface area (Å²) >= 11 is 0. The smallest absolute Gasteiger partial charge is 0.221 e. The van der Waals surface area contributed by atoms with Crippen LogP contribution >= 0.6 is 0 Å². The SMILES string of the molecule is O=C(CC1CS(=O)(=O)CCN1)NCc1cc[nH]c1. The van der Waals surface area contributed by atoms with E-state index in [0.29, 0.717) is 13.1 Å². The number of aromatic amines is 1. The van der Waals surface area contributed by atoms with Gasteiger partial charge in [0.25, 0.3) is 0 Å². The quantitative estimate of drug-likeness (QED) is 0.682. The van der Waals surface area contributed by atoms with Gasteiger partial charge in [0.1, 0.15) is 0 Å². The summed E-state index contributed by atoms with van der Waals surface area (Å²) in [5, 5.41) is 5.82. The van der Waals surface area contributed by atoms with Crippen molar-refractivity contribution in [1.29, 1.82) is 0 Å². The van der Waals surface area contributed by atoms with Crippen LogP contribution in [0.3, 0.4) is 0 Å². The van der Waals surface area contributed by atoms with Gasteiger partial charge in [-0.2, -0.15) is 0 Å². The number of amides is 1. The van der Waals surface area contributed by atoms with E-state index in [-0.39, 0.29) is 29.9 Å². The van der Waals surface area contributed by atoms with E-state index in [1.54, 1.807) is 6.20 Å². The Kier molecular flexibility index (Phi) is 4.03. The van der Waals surface area contributed by atoms with E-state index < -0.39 is 9.84 Å². The van der Waals surface area contributed by atoms with Crippen molar-refractivity contribution in [2.24, 2.45) is 0 Å². The minimum absolute atomic E-state index is 0.0462. The lowest BCUT2D eigenvalue weighted by atomic mass is 10.2. The van der Waals surface area contributed by atoms with Crippen molar-refractivity contribution in [1.82, 2.24) is 15.6 Å². The van der Waals surface area contributed by atoms with Crippen molar-refractivity contribution in [3.8, 4) is 0 Å². The van der Waals surface area contributed by atoms with Gasteiger partial charge in [-0.3, -0.25) is 4.79 Å². The van der Waals surface area contributed by atoms with E-state index in [4.69, 9.17) is 0 Å². The van der Waals surface area contributed by atoms with E-state index in [9.17, 15) is 13.2 Å². The lowest BCUT2D eigenvalue weighted by Gasteiger charge is -2.23. The molecule has 1 aromatic heterocycles. The molecule has 1 aliphatic heterocycles. The Morgan fingerprint density at radius 3 is 3.00 bits per heavy atom. The van der Waals surface area contributed by atoms with E-state index >= 15 is 0 Å². The number of nitrogens with one attached hydrogen (secondary N) is 3. The molecule has 1 aromatic rings. The van der Waals surface area contributed by atoms with Gasteiger partial charge < -0.3 is 15.6 Å². The summed E-state index contributed by atoms with van der Waals surface area (Å²) in [4.78, 5) is 14.6. The predicted octanol–water partition coefficient (Wildman–Crippen LogP) is -0.592. The third kappa shape index (κ3) is 3.85. The second-order valence-corrected chi connectivity index (χ2v) is 6.69. The molecule has 100 valence electrons. The number of carbonyl (C=O) groups excluding carboxylic acids is 1. The molecule has 1 unspecified atom stereocenters. The molecule has 1 fully saturated rings. The summed E-state index contributed by atoms with van der Waals surface area (Å²) in [7, 11) is -2.98. The van der Waals surface area contributed by atoms with Crippen LogP contribution in [0.2, 0.25) is 0 Å². The summed E-state index contributed by atoms with van der Waals surface area (Å²) < 4.78 is 22.8. The van der Waals surface area contributed by atoms with Crippen LogP contribution in [0.1, 0.15) is 12.0 Å². The summed E-state index contributed by atoms with van der Waals surface area (Å²) in [6.07, 6.45) is 3.80. The summed E-state index contributed by atoms with van der Waals surface area (Å²) in [5.74, 6) is 0.0739. The van der Waals surface area contributed by atoms with Crippen molar-refractivity contribution in [3.63, 3.8) is 0 Å². The molecular weight excluding hydrogens is 254 g/mol. The fourth-order valence-corrected chi connectivity index (χ4v) is 3.41. The molecular formula is C11H17N3O3S. The summed E-state index contributed by atoms with van der Waals surface area (Å²) in [6, 6.07) is 1.61. The van der Waals surface area contributed by atoms with Crippen molar-refractivity contribution in [3.05, 3.63) is 24.0 Å². The molecule has 6 nitrogen and oxygen atoms in total. The molecule has 0 aromatic carbocycles. The van der Waals surface area contributed by atoms with Crippen LogP contribution < -0.4 is 10.6 Å². The largest absolute Gasteiger partial charge is 0.367 e. The molecule has 0 bridgehead atoms. The highest BCUT2D eigenvalue weighted by atomic mass is 32.2. The van der Waals surface area contributed by atoms with Gasteiger partial charge in [0.15, 0.2) is 9.84 Å². The Bertz CT molecular complexity index is 496. The second kappa shape index (κ2) is 5.53. The lowest BCUT2D eigenvalue weighted by Crippen LogP contribution is -2.47. The summed E-state index contributed by atoms with van der Waals surface area (Å²) in [6.45, 7) is 0.889. The topological polar surface area (TPSA) is 91.1 Å². The van der Waals surface area contributed by atoms with Crippen LogP contribution in [-0.2, 0) is 21.2 Å². The zero-order chi connectivity index (χ0) is 13.0. The zero-order valence-electron chi connectivity index (χ0n) is 9.98. The van der Waals surface area contributed by atoms with Crippen LogP contribution in [0, 0.1) is 0 Å². The molecule has 1 amide bonds. The van der Waals surface area contributed by atoms with E-state index in [1.807, 2.05) is 12.3 Å². The summed E-state index contributed by atoms with van der Waals surface area (Å²) in [5.41, 5.74) is 0.993. The maximum absolute atomic E-state index is 11.7. The number of carbonyl (C=O) groups is 1. The maximum Gasteiger partial charge on any atom is 0.221 e. The molecule has 0 saturated carbocycles. The normalized spacial score (nSPS) is 22.6. The second-order valence-electron chi connectivity index (χ2n) is 4.47. The average molecular weight is 271 g/mol. The van der Waals surface area contributed by atoms with E-state index in [1.165, 1.54) is 0 Å². The Hall–Kier alpha value is -1.34. The molecule has 3 N–H and O–H groups in total. The van der Waals surface area contributed by atoms with Gasteiger partial charge in [-0.05, 0) is 11.6 Å². The first kappa shape index (κ1) is 13.1. The lowest BCUT2D eigenvalue weighted by molar-refractivity contribution is -0.121. The highest BCUT2D eigenvalue weighted by Crippen LogP contribution is 2.05. The standard InChI is InChI=1S/C11H17N3O3S/c15-11(14-7-9-1-2-12-6-9)5-10-8-18(16,17)4-3-13-10/h1-2,6,10,12-13H,3-5,7-8H2,(H,14,15). The monoisotopic (exact) mass is 271 g/mol. The number of sulfone groups is 1. The first-order valence-electron chi connectivity index (χ1n) is 5.87. The Balaban J connectivity index is 1.77. The van der Waals surface area contributed by atoms with Crippen molar-refractivity contribution >= 4 is 15.7 Å². The maximum atomic E-state index is 11.7. The number of hydrogen-bond donors (Lipinski definition) is 3. The highest BCUT2D eigenvalue weighted by Gasteiger charge is 2.25. The number of aromatic nitrogens is 1.